The van der Waals surface area contributed by atoms with E-state index in [1.165, 1.54) is 4.90 Å². The van der Waals surface area contributed by atoms with Crippen LogP contribution in [0.5, 0.6) is 0 Å². The van der Waals surface area contributed by atoms with Gasteiger partial charge in [-0.05, 0) is 50.5 Å². The van der Waals surface area contributed by atoms with E-state index in [4.69, 9.17) is 0 Å². The molecule has 0 unspecified atom stereocenters. The van der Waals surface area contributed by atoms with Gasteiger partial charge in [-0.15, -0.1) is 0 Å². The molecule has 3 amide bonds. The van der Waals surface area contributed by atoms with E-state index < -0.39 is 17.3 Å². The molecular formula is C40H27N3O3. The van der Waals surface area contributed by atoms with E-state index in [0.29, 0.717) is 11.3 Å². The lowest BCUT2D eigenvalue weighted by Gasteiger charge is -2.52. The quantitative estimate of drug-likeness (QED) is 0.136. The number of carbonyl (C=O) groups is 3. The number of hydrogen-bond acceptors (Lipinski definition) is 4. The molecule has 6 aromatic carbocycles. The molecule has 1 N–H and O–H groups in total. The van der Waals surface area contributed by atoms with Gasteiger partial charge in [0, 0.05) is 23.1 Å². The largest absolute Gasteiger partial charge is 0.274 e. The number of hydrazone groups is 1. The SMILES string of the molecule is O=C(N/N=C\C12c3ccccc3C(c3ccccc31)[C@H]1C(=O)N(c3cccc4ccccc34)C(=O)[C@H]12)c1cccc2ccccc12. The third-order valence-electron chi connectivity index (χ3n) is 10.2. The van der Waals surface area contributed by atoms with Crippen LogP contribution in [0.1, 0.15) is 38.5 Å². The van der Waals surface area contributed by atoms with Crippen molar-refractivity contribution in [2.24, 2.45) is 16.9 Å². The van der Waals surface area contributed by atoms with Crippen LogP contribution in [0.25, 0.3) is 21.5 Å². The first kappa shape index (κ1) is 26.5. The Morgan fingerprint density at radius 2 is 1.22 bits per heavy atom. The average Bonchev–Trinajstić information content (AvgIpc) is 3.38. The summed E-state index contributed by atoms with van der Waals surface area (Å²) in [5, 5.41) is 8.19. The molecule has 6 nitrogen and oxygen atoms in total. The maximum atomic E-state index is 14.8. The van der Waals surface area contributed by atoms with Crippen LogP contribution in [0.4, 0.5) is 5.69 Å². The first-order valence-electron chi connectivity index (χ1n) is 15.5. The van der Waals surface area contributed by atoms with Gasteiger partial charge in [0.25, 0.3) is 5.91 Å². The zero-order valence-corrected chi connectivity index (χ0v) is 24.6. The molecule has 0 spiro atoms. The highest BCUT2D eigenvalue weighted by Crippen LogP contribution is 2.63. The highest BCUT2D eigenvalue weighted by atomic mass is 16.2. The fraction of sp³-hybridized carbons (Fsp3) is 0.100. The van der Waals surface area contributed by atoms with Crippen molar-refractivity contribution in [2.75, 3.05) is 4.90 Å². The summed E-state index contributed by atoms with van der Waals surface area (Å²) in [7, 11) is 0. The second-order valence-electron chi connectivity index (χ2n) is 12.3. The number of imide groups is 1. The molecule has 220 valence electrons. The Kier molecular flexibility index (Phi) is 5.66. The van der Waals surface area contributed by atoms with Crippen molar-refractivity contribution in [3.8, 4) is 0 Å². The van der Waals surface area contributed by atoms with Gasteiger partial charge in [0.1, 0.15) is 0 Å². The van der Waals surface area contributed by atoms with Crippen molar-refractivity contribution in [3.63, 3.8) is 0 Å². The Hall–Kier alpha value is -5.88. The van der Waals surface area contributed by atoms with E-state index in [2.05, 4.69) is 22.7 Å². The predicted octanol–water partition coefficient (Wildman–Crippen LogP) is 6.96. The maximum absolute atomic E-state index is 14.8. The molecule has 0 aromatic heterocycles. The Morgan fingerprint density at radius 3 is 1.93 bits per heavy atom. The molecular weight excluding hydrogens is 570 g/mol. The predicted molar refractivity (Wildman–Crippen MR) is 179 cm³/mol. The molecule has 0 saturated carbocycles. The van der Waals surface area contributed by atoms with Crippen LogP contribution in [0.15, 0.2) is 139 Å². The smallest absolute Gasteiger partial charge is 0.271 e. The number of amides is 3. The van der Waals surface area contributed by atoms with Crippen molar-refractivity contribution in [2.45, 2.75) is 11.3 Å². The van der Waals surface area contributed by atoms with E-state index in [1.54, 1.807) is 12.3 Å². The molecule has 6 heteroatoms. The molecule has 1 fully saturated rings. The third kappa shape index (κ3) is 3.47. The lowest BCUT2D eigenvalue weighted by atomic mass is 9.47. The van der Waals surface area contributed by atoms with Gasteiger partial charge in [-0.25, -0.2) is 10.3 Å². The van der Waals surface area contributed by atoms with Gasteiger partial charge in [-0.1, -0.05) is 121 Å². The fourth-order valence-corrected chi connectivity index (χ4v) is 8.37. The number of hydrogen-bond donors (Lipinski definition) is 1. The maximum Gasteiger partial charge on any atom is 0.271 e. The molecule has 0 radical (unpaired) electrons. The van der Waals surface area contributed by atoms with Crippen molar-refractivity contribution < 1.29 is 14.4 Å². The van der Waals surface area contributed by atoms with Gasteiger partial charge in [0.05, 0.1) is 22.9 Å². The highest BCUT2D eigenvalue weighted by molar-refractivity contribution is 6.27. The Bertz CT molecular complexity index is 2250. The molecule has 4 aliphatic rings. The van der Waals surface area contributed by atoms with E-state index in [9.17, 15) is 14.4 Å². The molecule has 2 bridgehead atoms. The number of nitrogens with zero attached hydrogens (tertiary/aromatic N) is 2. The van der Waals surface area contributed by atoms with Gasteiger partial charge < -0.3 is 0 Å². The molecule has 3 aliphatic carbocycles. The Labute approximate surface area is 265 Å². The monoisotopic (exact) mass is 597 g/mol. The third-order valence-corrected chi connectivity index (χ3v) is 10.2. The van der Waals surface area contributed by atoms with Crippen LogP contribution < -0.4 is 10.3 Å². The summed E-state index contributed by atoms with van der Waals surface area (Å²) in [6.45, 7) is 0. The molecule has 2 atom stereocenters. The van der Waals surface area contributed by atoms with Crippen molar-refractivity contribution in [1.29, 1.82) is 0 Å². The summed E-state index contributed by atoms with van der Waals surface area (Å²) in [6.07, 6.45) is 1.71. The number of carbonyl (C=O) groups excluding carboxylic acids is 3. The number of benzene rings is 6. The second-order valence-corrected chi connectivity index (χ2v) is 12.3. The first-order valence-corrected chi connectivity index (χ1v) is 15.5. The molecule has 1 saturated heterocycles. The van der Waals surface area contributed by atoms with Crippen LogP contribution >= 0.6 is 0 Å². The number of nitrogens with one attached hydrogen (secondary N) is 1. The summed E-state index contributed by atoms with van der Waals surface area (Å²) in [4.78, 5) is 44.4. The van der Waals surface area contributed by atoms with Crippen molar-refractivity contribution in [3.05, 3.63) is 161 Å². The van der Waals surface area contributed by atoms with Gasteiger partial charge in [-0.2, -0.15) is 5.10 Å². The van der Waals surface area contributed by atoms with Crippen LogP contribution in [0, 0.1) is 11.8 Å². The summed E-state index contributed by atoms with van der Waals surface area (Å²) < 4.78 is 0. The lowest BCUT2D eigenvalue weighted by Crippen LogP contribution is -2.54. The van der Waals surface area contributed by atoms with E-state index >= 15 is 0 Å². The van der Waals surface area contributed by atoms with Crippen LogP contribution in [0.2, 0.25) is 0 Å². The lowest BCUT2D eigenvalue weighted by molar-refractivity contribution is -0.122. The van der Waals surface area contributed by atoms with Gasteiger partial charge in [0.15, 0.2) is 0 Å². The minimum Gasteiger partial charge on any atom is -0.274 e. The summed E-state index contributed by atoms with van der Waals surface area (Å²) in [5.74, 6) is -2.47. The van der Waals surface area contributed by atoms with E-state index in [0.717, 1.165) is 43.8 Å². The molecule has 10 rings (SSSR count). The molecule has 1 heterocycles. The number of anilines is 1. The highest BCUT2D eigenvalue weighted by Gasteiger charge is 2.68. The Balaban J connectivity index is 1.21. The van der Waals surface area contributed by atoms with Crippen molar-refractivity contribution in [1.82, 2.24) is 5.43 Å². The molecule has 46 heavy (non-hydrogen) atoms. The number of fused-ring (bicyclic) bond motifs is 2. The standard InChI is InChI=1S/C40H27N3O3/c44-37(28-19-9-13-24-11-1-3-15-26(24)28)42-41-23-40-31-20-7-5-17-29(31)34(30-18-6-8-21-32(30)40)35-36(40)39(46)43(38(35)45)33-22-10-14-25-12-2-4-16-27(25)33/h1-23,34-36H,(H,42,44)/b41-23-/t34?,35-,36+,40?/m1/s1. The Morgan fingerprint density at radius 1 is 0.652 bits per heavy atom. The van der Waals surface area contributed by atoms with Gasteiger partial charge in [-0.3, -0.25) is 14.4 Å². The fourth-order valence-electron chi connectivity index (χ4n) is 8.37. The summed E-state index contributed by atoms with van der Waals surface area (Å²) >= 11 is 0. The van der Waals surface area contributed by atoms with Crippen LogP contribution in [-0.2, 0) is 15.0 Å². The minimum absolute atomic E-state index is 0.210. The summed E-state index contributed by atoms with van der Waals surface area (Å²) in [5.41, 5.74) is 6.68. The first-order chi connectivity index (χ1) is 22.6. The van der Waals surface area contributed by atoms with Gasteiger partial charge >= 0.3 is 0 Å². The van der Waals surface area contributed by atoms with Gasteiger partial charge in [0.2, 0.25) is 11.8 Å². The normalized spacial score (nSPS) is 22.7. The van der Waals surface area contributed by atoms with Crippen LogP contribution in [0.3, 0.4) is 0 Å². The van der Waals surface area contributed by atoms with E-state index in [-0.39, 0.29) is 23.6 Å². The molecule has 1 aliphatic heterocycles. The molecule has 6 aromatic rings. The number of rotatable bonds is 4. The zero-order valence-electron chi connectivity index (χ0n) is 24.6. The zero-order chi connectivity index (χ0) is 31.0. The second kappa shape index (κ2) is 9.81. The van der Waals surface area contributed by atoms with Crippen LogP contribution in [-0.4, -0.2) is 23.9 Å². The topological polar surface area (TPSA) is 78.8 Å². The van der Waals surface area contributed by atoms with E-state index in [1.807, 2.05) is 115 Å². The van der Waals surface area contributed by atoms with Crippen molar-refractivity contribution >= 4 is 51.2 Å². The average molecular weight is 598 g/mol. The minimum atomic E-state index is -1.08. The summed E-state index contributed by atoms with van der Waals surface area (Å²) in [6, 6.07) is 42.9.